The molecule has 1 heterocycles. The maximum atomic E-state index is 12.3. The molecule has 1 aromatic heterocycles. The average Bonchev–Trinajstić information content (AvgIpc) is 2.86. The van der Waals surface area contributed by atoms with Crippen LogP contribution in [0.3, 0.4) is 0 Å². The molecule has 1 fully saturated rings. The van der Waals surface area contributed by atoms with E-state index >= 15 is 0 Å². The van der Waals surface area contributed by atoms with Crippen LogP contribution in [0.15, 0.2) is 35.7 Å². The zero-order chi connectivity index (χ0) is 15.5. The maximum Gasteiger partial charge on any atom is 0.173 e. The maximum absolute atomic E-state index is 12.3. The predicted molar refractivity (Wildman–Crippen MR) is 90.8 cm³/mol. The Hall–Kier alpha value is -1.55. The fraction of sp³-hybridized carbons (Fsp3) is 0.444. The number of benzene rings is 1. The Balaban J connectivity index is 1.88. The highest BCUT2D eigenvalue weighted by molar-refractivity contribution is 8.00. The second-order valence-corrected chi connectivity index (χ2v) is 7.21. The Morgan fingerprint density at radius 1 is 1.23 bits per heavy atom. The van der Waals surface area contributed by atoms with Crippen molar-refractivity contribution in [2.24, 2.45) is 0 Å². The number of aromatic nitrogens is 2. The van der Waals surface area contributed by atoms with Gasteiger partial charge in [0.05, 0.1) is 10.9 Å². The minimum atomic E-state index is 0.0637. The lowest BCUT2D eigenvalue weighted by molar-refractivity contribution is -0.118. The van der Waals surface area contributed by atoms with Gasteiger partial charge in [0.15, 0.2) is 5.16 Å². The van der Waals surface area contributed by atoms with Crippen LogP contribution in [0.4, 0.5) is 0 Å². The molecule has 0 saturated heterocycles. The van der Waals surface area contributed by atoms with Gasteiger partial charge in [0.1, 0.15) is 5.78 Å². The van der Waals surface area contributed by atoms with E-state index in [9.17, 15) is 4.79 Å². The second-order valence-electron chi connectivity index (χ2n) is 6.04. The molecule has 116 valence electrons. The van der Waals surface area contributed by atoms with Crippen molar-refractivity contribution in [3.05, 3.63) is 41.7 Å². The van der Waals surface area contributed by atoms with Gasteiger partial charge in [0.2, 0.25) is 0 Å². The van der Waals surface area contributed by atoms with E-state index in [-0.39, 0.29) is 5.25 Å². The monoisotopic (exact) mass is 314 g/mol. The van der Waals surface area contributed by atoms with Crippen LogP contribution < -0.4 is 0 Å². The van der Waals surface area contributed by atoms with Crippen LogP contribution in [-0.2, 0) is 4.79 Å². The molecular formula is C18H22N2OS. The van der Waals surface area contributed by atoms with E-state index in [0.29, 0.717) is 5.78 Å². The largest absolute Gasteiger partial charge is 0.298 e. The molecule has 1 atom stereocenters. The Labute approximate surface area is 136 Å². The summed E-state index contributed by atoms with van der Waals surface area (Å²) in [6.07, 6.45) is 8.88. The quantitative estimate of drug-likeness (QED) is 0.783. The smallest absolute Gasteiger partial charge is 0.173 e. The Bertz CT molecular complexity index is 677. The number of hydrogen-bond acceptors (Lipinski definition) is 3. The van der Waals surface area contributed by atoms with Crippen molar-refractivity contribution in [2.45, 2.75) is 56.4 Å². The summed E-state index contributed by atoms with van der Waals surface area (Å²) in [5.74, 6) is 0.387. The first kappa shape index (κ1) is 15.3. The van der Waals surface area contributed by atoms with Crippen LogP contribution in [0.1, 0.15) is 43.2 Å². The lowest BCUT2D eigenvalue weighted by atomic mass is 10.1. The molecule has 1 unspecified atom stereocenters. The van der Waals surface area contributed by atoms with Crippen molar-refractivity contribution >= 4 is 17.5 Å². The summed E-state index contributed by atoms with van der Waals surface area (Å²) < 4.78 is 2.12. The van der Waals surface area contributed by atoms with Gasteiger partial charge in [-0.2, -0.15) is 0 Å². The van der Waals surface area contributed by atoms with Crippen molar-refractivity contribution in [3.8, 4) is 5.69 Å². The lowest BCUT2D eigenvalue weighted by Gasteiger charge is -2.15. The highest BCUT2D eigenvalue weighted by Crippen LogP contribution is 2.32. The van der Waals surface area contributed by atoms with Crippen molar-refractivity contribution in [1.82, 2.24) is 9.55 Å². The molecular weight excluding hydrogens is 292 g/mol. The molecule has 1 aliphatic rings. The van der Waals surface area contributed by atoms with E-state index in [1.165, 1.54) is 17.5 Å². The first-order chi connectivity index (χ1) is 10.6. The number of hydrogen-bond donors (Lipinski definition) is 0. The minimum Gasteiger partial charge on any atom is -0.298 e. The minimum absolute atomic E-state index is 0.0637. The van der Waals surface area contributed by atoms with E-state index in [2.05, 4.69) is 41.6 Å². The first-order valence-corrected chi connectivity index (χ1v) is 8.83. The standard InChI is InChI=1S/C18H22N2OS/c1-13-8-9-14(2)15(12-13)20-11-10-19-18(20)22-17-7-5-3-4-6-16(17)21/h8-12,17H,3-7H2,1-2H3. The van der Waals surface area contributed by atoms with Gasteiger partial charge in [-0.05, 0) is 43.9 Å². The summed E-state index contributed by atoms with van der Waals surface area (Å²) in [7, 11) is 0. The number of carbonyl (C=O) groups excluding carboxylic acids is 1. The van der Waals surface area contributed by atoms with Gasteiger partial charge in [-0.25, -0.2) is 4.98 Å². The molecule has 4 heteroatoms. The van der Waals surface area contributed by atoms with Crippen molar-refractivity contribution in [1.29, 1.82) is 0 Å². The van der Waals surface area contributed by atoms with E-state index in [1.807, 2.05) is 12.4 Å². The molecule has 2 aromatic rings. The Morgan fingerprint density at radius 2 is 2.09 bits per heavy atom. The molecule has 0 aliphatic heterocycles. The Kier molecular flexibility index (Phi) is 4.67. The van der Waals surface area contributed by atoms with Crippen LogP contribution in [-0.4, -0.2) is 20.6 Å². The molecule has 3 nitrogen and oxygen atoms in total. The van der Waals surface area contributed by atoms with Crippen LogP contribution in [0.25, 0.3) is 5.69 Å². The number of aryl methyl sites for hydroxylation is 2. The third-order valence-corrected chi connectivity index (χ3v) is 5.52. The van der Waals surface area contributed by atoms with Gasteiger partial charge < -0.3 is 0 Å². The molecule has 0 N–H and O–H groups in total. The number of nitrogens with zero attached hydrogens (tertiary/aromatic N) is 2. The van der Waals surface area contributed by atoms with E-state index in [4.69, 9.17) is 0 Å². The van der Waals surface area contributed by atoms with E-state index < -0.39 is 0 Å². The summed E-state index contributed by atoms with van der Waals surface area (Å²) in [6, 6.07) is 6.43. The molecule has 22 heavy (non-hydrogen) atoms. The third kappa shape index (κ3) is 3.27. The number of ketones is 1. The highest BCUT2D eigenvalue weighted by atomic mass is 32.2. The zero-order valence-electron chi connectivity index (χ0n) is 13.2. The van der Waals surface area contributed by atoms with Crippen LogP contribution in [0, 0.1) is 13.8 Å². The van der Waals surface area contributed by atoms with Crippen molar-refractivity contribution < 1.29 is 4.79 Å². The molecule has 1 aliphatic carbocycles. The molecule has 1 saturated carbocycles. The highest BCUT2D eigenvalue weighted by Gasteiger charge is 2.24. The predicted octanol–water partition coefficient (Wildman–Crippen LogP) is 4.48. The van der Waals surface area contributed by atoms with Gasteiger partial charge in [0.25, 0.3) is 0 Å². The molecule has 0 bridgehead atoms. The molecule has 1 aromatic carbocycles. The zero-order valence-corrected chi connectivity index (χ0v) is 14.0. The van der Waals surface area contributed by atoms with Gasteiger partial charge in [-0.3, -0.25) is 9.36 Å². The third-order valence-electron chi connectivity index (χ3n) is 4.23. The first-order valence-electron chi connectivity index (χ1n) is 7.95. The number of imidazole rings is 1. The number of rotatable bonds is 3. The number of carbonyl (C=O) groups is 1. The fourth-order valence-corrected chi connectivity index (χ4v) is 4.10. The summed E-state index contributed by atoms with van der Waals surface area (Å²) >= 11 is 1.63. The van der Waals surface area contributed by atoms with Gasteiger partial charge >= 0.3 is 0 Å². The van der Waals surface area contributed by atoms with Crippen LogP contribution in [0.5, 0.6) is 0 Å². The lowest BCUT2D eigenvalue weighted by Crippen LogP contribution is -2.15. The molecule has 0 radical (unpaired) electrons. The van der Waals surface area contributed by atoms with Gasteiger partial charge in [-0.15, -0.1) is 0 Å². The van der Waals surface area contributed by atoms with Crippen molar-refractivity contribution in [2.75, 3.05) is 0 Å². The van der Waals surface area contributed by atoms with Gasteiger partial charge in [-0.1, -0.05) is 36.7 Å². The van der Waals surface area contributed by atoms with E-state index in [0.717, 1.165) is 36.5 Å². The second kappa shape index (κ2) is 6.69. The van der Waals surface area contributed by atoms with Crippen molar-refractivity contribution in [3.63, 3.8) is 0 Å². The van der Waals surface area contributed by atoms with Gasteiger partial charge in [0, 0.05) is 18.8 Å². The normalized spacial score (nSPS) is 19.2. The number of Topliss-reactive ketones (excluding diaryl/α,β-unsaturated/α-hetero) is 1. The van der Waals surface area contributed by atoms with E-state index in [1.54, 1.807) is 11.8 Å². The SMILES string of the molecule is Cc1ccc(C)c(-n2ccnc2SC2CCCCCC2=O)c1. The molecule has 0 spiro atoms. The topological polar surface area (TPSA) is 34.9 Å². The average molecular weight is 314 g/mol. The fourth-order valence-electron chi connectivity index (χ4n) is 2.92. The Morgan fingerprint density at radius 3 is 2.95 bits per heavy atom. The van der Waals surface area contributed by atoms with Crippen LogP contribution in [0.2, 0.25) is 0 Å². The summed E-state index contributed by atoms with van der Waals surface area (Å²) in [5.41, 5.74) is 3.61. The summed E-state index contributed by atoms with van der Waals surface area (Å²) in [6.45, 7) is 4.21. The molecule has 3 rings (SSSR count). The van der Waals surface area contributed by atoms with Crippen LogP contribution >= 0.6 is 11.8 Å². The number of thioether (sulfide) groups is 1. The summed E-state index contributed by atoms with van der Waals surface area (Å²) in [5, 5.41) is 0.989. The summed E-state index contributed by atoms with van der Waals surface area (Å²) in [4.78, 5) is 16.7. The molecule has 0 amide bonds.